The van der Waals surface area contributed by atoms with Crippen LogP contribution in [0.15, 0.2) is 36.4 Å². The molecule has 1 N–H and O–H groups in total. The van der Waals surface area contributed by atoms with Crippen LogP contribution in [-0.4, -0.2) is 0 Å². The van der Waals surface area contributed by atoms with Gasteiger partial charge in [0.2, 0.25) is 0 Å². The van der Waals surface area contributed by atoms with E-state index in [1.807, 2.05) is 6.07 Å². The average Bonchev–Trinajstić information content (AvgIpc) is 2.43. The first-order chi connectivity index (χ1) is 9.60. The van der Waals surface area contributed by atoms with Crippen LogP contribution in [0.1, 0.15) is 11.1 Å². The van der Waals surface area contributed by atoms with E-state index in [1.165, 1.54) is 0 Å². The molecule has 2 aromatic carbocycles. The van der Waals surface area contributed by atoms with Gasteiger partial charge in [-0.1, -0.05) is 12.1 Å². The van der Waals surface area contributed by atoms with Crippen molar-refractivity contribution in [2.45, 2.75) is 13.0 Å². The molecule has 2 aromatic rings. The van der Waals surface area contributed by atoms with Crippen molar-refractivity contribution >= 4 is 5.69 Å². The van der Waals surface area contributed by atoms with E-state index in [-0.39, 0.29) is 12.1 Å². The fourth-order valence-electron chi connectivity index (χ4n) is 1.73. The van der Waals surface area contributed by atoms with Gasteiger partial charge in [-0.2, -0.15) is 5.26 Å². The zero-order chi connectivity index (χ0) is 14.5. The van der Waals surface area contributed by atoms with Gasteiger partial charge in [0.25, 0.3) is 0 Å². The lowest BCUT2D eigenvalue weighted by Crippen LogP contribution is -2.03. The molecule has 0 fully saturated rings. The molecule has 0 aliphatic carbocycles. The zero-order valence-corrected chi connectivity index (χ0v) is 10.5. The summed E-state index contributed by atoms with van der Waals surface area (Å²) in [4.78, 5) is 0. The topological polar surface area (TPSA) is 35.8 Å². The predicted molar refractivity (Wildman–Crippen MR) is 69.4 cm³/mol. The summed E-state index contributed by atoms with van der Waals surface area (Å²) in [6.45, 7) is 0.0423. The highest BCUT2D eigenvalue weighted by molar-refractivity contribution is 5.45. The van der Waals surface area contributed by atoms with Gasteiger partial charge in [0.1, 0.15) is 5.82 Å². The Balaban J connectivity index is 2.05. The highest BCUT2D eigenvalue weighted by atomic mass is 19.2. The average molecular weight is 276 g/mol. The van der Waals surface area contributed by atoms with Gasteiger partial charge >= 0.3 is 0 Å². The lowest BCUT2D eigenvalue weighted by Gasteiger charge is -2.08. The van der Waals surface area contributed by atoms with Crippen LogP contribution in [-0.2, 0) is 13.0 Å². The molecule has 0 saturated carbocycles. The molecule has 20 heavy (non-hydrogen) atoms. The molecule has 0 radical (unpaired) electrons. The summed E-state index contributed by atoms with van der Waals surface area (Å²) >= 11 is 0. The molecule has 2 nitrogen and oxygen atoms in total. The van der Waals surface area contributed by atoms with Crippen molar-refractivity contribution in [2.24, 2.45) is 0 Å². The normalized spacial score (nSPS) is 10.1. The Morgan fingerprint density at radius 3 is 2.25 bits per heavy atom. The summed E-state index contributed by atoms with van der Waals surface area (Å²) < 4.78 is 39.2. The van der Waals surface area contributed by atoms with Crippen LogP contribution < -0.4 is 5.32 Å². The number of hydrogen-bond donors (Lipinski definition) is 1. The van der Waals surface area contributed by atoms with Crippen molar-refractivity contribution in [3.8, 4) is 6.07 Å². The first-order valence-corrected chi connectivity index (χ1v) is 5.93. The third-order valence-electron chi connectivity index (χ3n) is 2.81. The van der Waals surface area contributed by atoms with Crippen molar-refractivity contribution in [1.82, 2.24) is 0 Å². The van der Waals surface area contributed by atoms with E-state index < -0.39 is 17.5 Å². The standard InChI is InChI=1S/C15H11F3N2/c16-13-8-15(18)14(17)7-11(13)9-20-12-3-1-10(2-4-12)5-6-19/h1-4,7-8,20H,5,9H2. The number of nitrogens with one attached hydrogen (secondary N) is 1. The molecule has 0 unspecified atom stereocenters. The fourth-order valence-corrected chi connectivity index (χ4v) is 1.73. The van der Waals surface area contributed by atoms with Gasteiger partial charge in [-0.3, -0.25) is 0 Å². The smallest absolute Gasteiger partial charge is 0.161 e. The van der Waals surface area contributed by atoms with E-state index in [0.717, 1.165) is 11.6 Å². The van der Waals surface area contributed by atoms with E-state index in [1.54, 1.807) is 24.3 Å². The number of hydrogen-bond acceptors (Lipinski definition) is 2. The van der Waals surface area contributed by atoms with Crippen molar-refractivity contribution < 1.29 is 13.2 Å². The van der Waals surface area contributed by atoms with Crippen LogP contribution in [0.4, 0.5) is 18.9 Å². The largest absolute Gasteiger partial charge is 0.381 e. The van der Waals surface area contributed by atoms with Crippen LogP contribution in [0.3, 0.4) is 0 Å². The number of benzene rings is 2. The van der Waals surface area contributed by atoms with E-state index in [9.17, 15) is 13.2 Å². The summed E-state index contributed by atoms with van der Waals surface area (Å²) in [5, 5.41) is 11.5. The van der Waals surface area contributed by atoms with E-state index in [4.69, 9.17) is 5.26 Å². The number of anilines is 1. The summed E-state index contributed by atoms with van der Waals surface area (Å²) in [5.41, 5.74) is 1.62. The Labute approximate surface area is 114 Å². The summed E-state index contributed by atoms with van der Waals surface area (Å²) in [6.07, 6.45) is 0.318. The maximum absolute atomic E-state index is 13.4. The maximum atomic E-state index is 13.4. The van der Waals surface area contributed by atoms with E-state index in [2.05, 4.69) is 5.32 Å². The second-order valence-corrected chi connectivity index (χ2v) is 4.24. The number of nitrogens with zero attached hydrogens (tertiary/aromatic N) is 1. The second kappa shape index (κ2) is 6.11. The van der Waals surface area contributed by atoms with Gasteiger partial charge in [-0.25, -0.2) is 13.2 Å². The van der Waals surface area contributed by atoms with Crippen LogP contribution in [0.2, 0.25) is 0 Å². The van der Waals surface area contributed by atoms with Crippen molar-refractivity contribution in [3.63, 3.8) is 0 Å². The molecule has 0 saturated heterocycles. The van der Waals surface area contributed by atoms with Crippen LogP contribution in [0.25, 0.3) is 0 Å². The molecule has 0 spiro atoms. The molecule has 5 heteroatoms. The second-order valence-electron chi connectivity index (χ2n) is 4.24. The van der Waals surface area contributed by atoms with Crippen molar-refractivity contribution in [1.29, 1.82) is 5.26 Å². The highest BCUT2D eigenvalue weighted by Crippen LogP contribution is 2.16. The molecule has 0 bridgehead atoms. The lowest BCUT2D eigenvalue weighted by molar-refractivity contribution is 0.490. The summed E-state index contributed by atoms with van der Waals surface area (Å²) in [6, 6.07) is 10.4. The van der Waals surface area contributed by atoms with Crippen LogP contribution in [0.5, 0.6) is 0 Å². The van der Waals surface area contributed by atoms with Gasteiger partial charge in [-0.05, 0) is 23.8 Å². The molecule has 0 aliphatic heterocycles. The Morgan fingerprint density at radius 1 is 0.950 bits per heavy atom. The molecule has 102 valence electrons. The Bertz CT molecular complexity index is 645. The Kier molecular flexibility index (Phi) is 4.26. The molecule has 0 atom stereocenters. The zero-order valence-electron chi connectivity index (χ0n) is 10.5. The quantitative estimate of drug-likeness (QED) is 0.862. The van der Waals surface area contributed by atoms with E-state index >= 15 is 0 Å². The van der Waals surface area contributed by atoms with Gasteiger partial charge in [0.05, 0.1) is 12.5 Å². The monoisotopic (exact) mass is 276 g/mol. The molecule has 0 amide bonds. The highest BCUT2D eigenvalue weighted by Gasteiger charge is 2.09. The number of halogens is 3. The lowest BCUT2D eigenvalue weighted by atomic mass is 10.1. The fraction of sp³-hybridized carbons (Fsp3) is 0.133. The first-order valence-electron chi connectivity index (χ1n) is 5.93. The maximum Gasteiger partial charge on any atom is 0.161 e. The molecular weight excluding hydrogens is 265 g/mol. The van der Waals surface area contributed by atoms with Crippen LogP contribution in [0, 0.1) is 28.8 Å². The summed E-state index contributed by atoms with van der Waals surface area (Å²) in [5.74, 6) is -3.07. The Hall–Kier alpha value is -2.48. The molecule has 2 rings (SSSR count). The minimum absolute atomic E-state index is 0.0423. The molecule has 0 aliphatic rings. The van der Waals surface area contributed by atoms with Gasteiger partial charge in [-0.15, -0.1) is 0 Å². The van der Waals surface area contributed by atoms with Crippen LogP contribution >= 0.6 is 0 Å². The number of rotatable bonds is 4. The van der Waals surface area contributed by atoms with Gasteiger partial charge in [0.15, 0.2) is 11.6 Å². The molecule has 0 aromatic heterocycles. The van der Waals surface area contributed by atoms with Crippen molar-refractivity contribution in [2.75, 3.05) is 5.32 Å². The van der Waals surface area contributed by atoms with Gasteiger partial charge in [0, 0.05) is 23.9 Å². The molecular formula is C15H11F3N2. The van der Waals surface area contributed by atoms with E-state index in [0.29, 0.717) is 18.2 Å². The Morgan fingerprint density at radius 2 is 1.60 bits per heavy atom. The third-order valence-corrected chi connectivity index (χ3v) is 2.81. The van der Waals surface area contributed by atoms with Gasteiger partial charge < -0.3 is 5.32 Å². The third kappa shape index (κ3) is 3.29. The predicted octanol–water partition coefficient (Wildman–Crippen LogP) is 3.78. The number of nitriles is 1. The first kappa shape index (κ1) is 13.9. The summed E-state index contributed by atoms with van der Waals surface area (Å²) in [7, 11) is 0. The minimum atomic E-state index is -1.20. The minimum Gasteiger partial charge on any atom is -0.381 e. The van der Waals surface area contributed by atoms with Crippen molar-refractivity contribution in [3.05, 3.63) is 65.0 Å². The molecule has 0 heterocycles. The SMILES string of the molecule is N#CCc1ccc(NCc2cc(F)c(F)cc2F)cc1.